The third kappa shape index (κ3) is 2.18. The lowest BCUT2D eigenvalue weighted by Gasteiger charge is -2.27. The van der Waals surface area contributed by atoms with Gasteiger partial charge in [-0.3, -0.25) is 0 Å². The molecule has 15 heavy (non-hydrogen) atoms. The van der Waals surface area contributed by atoms with Gasteiger partial charge >= 0.3 is 0 Å². The van der Waals surface area contributed by atoms with Gasteiger partial charge in [0.1, 0.15) is 11.0 Å². The third-order valence-electron chi connectivity index (χ3n) is 2.93. The first-order chi connectivity index (χ1) is 7.20. The normalized spacial score (nSPS) is 22.3. The van der Waals surface area contributed by atoms with Gasteiger partial charge in [-0.05, 0) is 19.4 Å². The molecule has 0 radical (unpaired) electrons. The minimum atomic E-state index is 0.430. The van der Waals surface area contributed by atoms with Crippen molar-refractivity contribution in [1.29, 1.82) is 0 Å². The number of hydrogen-bond donors (Lipinski definition) is 1. The Morgan fingerprint density at radius 2 is 2.40 bits per heavy atom. The molecule has 1 aliphatic rings. The van der Waals surface area contributed by atoms with E-state index in [0.29, 0.717) is 12.0 Å². The molecule has 1 fully saturated rings. The van der Waals surface area contributed by atoms with Gasteiger partial charge in [0.05, 0.1) is 6.20 Å². The van der Waals surface area contributed by atoms with Crippen LogP contribution in [0.4, 0.5) is 0 Å². The minimum Gasteiger partial charge on any atom is -0.315 e. The maximum atomic E-state index is 6.20. The van der Waals surface area contributed by atoms with Crippen LogP contribution in [0, 0.1) is 0 Å². The molecular formula is C11H18ClN3. The van der Waals surface area contributed by atoms with Crippen LogP contribution in [-0.2, 0) is 0 Å². The second-order valence-electron chi connectivity index (χ2n) is 4.46. The number of aromatic nitrogens is 2. The van der Waals surface area contributed by atoms with E-state index in [1.165, 1.54) is 12.8 Å². The van der Waals surface area contributed by atoms with Gasteiger partial charge in [-0.1, -0.05) is 25.4 Å². The van der Waals surface area contributed by atoms with E-state index >= 15 is 0 Å². The highest BCUT2D eigenvalue weighted by Crippen LogP contribution is 2.27. The summed E-state index contributed by atoms with van der Waals surface area (Å²) < 4.78 is 2.19. The molecule has 84 valence electrons. The maximum absolute atomic E-state index is 6.20. The monoisotopic (exact) mass is 227 g/mol. The van der Waals surface area contributed by atoms with Crippen molar-refractivity contribution >= 4 is 11.6 Å². The predicted octanol–water partition coefficient (Wildman–Crippen LogP) is 2.58. The molecule has 1 aromatic heterocycles. The average molecular weight is 228 g/mol. The molecule has 1 saturated heterocycles. The highest BCUT2D eigenvalue weighted by Gasteiger charge is 2.21. The van der Waals surface area contributed by atoms with Crippen molar-refractivity contribution in [2.75, 3.05) is 13.1 Å². The zero-order valence-corrected chi connectivity index (χ0v) is 10.1. The highest BCUT2D eigenvalue weighted by atomic mass is 35.5. The standard InChI is InChI=1S/C11H18ClN3/c1-8(2)11-14-7-10(12)15(11)9-4-3-5-13-6-9/h7-9,13H,3-6H2,1-2H3. The number of hydrogen-bond acceptors (Lipinski definition) is 2. The molecule has 0 amide bonds. The van der Waals surface area contributed by atoms with E-state index in [0.717, 1.165) is 24.1 Å². The van der Waals surface area contributed by atoms with Crippen LogP contribution in [0.1, 0.15) is 44.5 Å². The van der Waals surface area contributed by atoms with Crippen LogP contribution in [-0.4, -0.2) is 22.6 Å². The Morgan fingerprint density at radius 3 is 3.00 bits per heavy atom. The van der Waals surface area contributed by atoms with Crippen molar-refractivity contribution in [3.63, 3.8) is 0 Å². The third-order valence-corrected chi connectivity index (χ3v) is 3.21. The van der Waals surface area contributed by atoms with Crippen LogP contribution in [0.25, 0.3) is 0 Å². The second-order valence-corrected chi connectivity index (χ2v) is 4.85. The van der Waals surface area contributed by atoms with Crippen LogP contribution in [0.5, 0.6) is 0 Å². The van der Waals surface area contributed by atoms with Gasteiger partial charge in [0.15, 0.2) is 0 Å². The lowest BCUT2D eigenvalue weighted by molar-refractivity contribution is 0.360. The van der Waals surface area contributed by atoms with Crippen molar-refractivity contribution < 1.29 is 0 Å². The second kappa shape index (κ2) is 4.54. The van der Waals surface area contributed by atoms with Gasteiger partial charge < -0.3 is 9.88 Å². The number of nitrogens with zero attached hydrogens (tertiary/aromatic N) is 2. The molecule has 1 N–H and O–H groups in total. The van der Waals surface area contributed by atoms with Crippen LogP contribution in [0.15, 0.2) is 6.20 Å². The average Bonchev–Trinajstić information content (AvgIpc) is 2.61. The van der Waals surface area contributed by atoms with Crippen LogP contribution < -0.4 is 5.32 Å². The van der Waals surface area contributed by atoms with Crippen molar-refractivity contribution in [1.82, 2.24) is 14.9 Å². The maximum Gasteiger partial charge on any atom is 0.129 e. The van der Waals surface area contributed by atoms with E-state index in [-0.39, 0.29) is 0 Å². The summed E-state index contributed by atoms with van der Waals surface area (Å²) in [7, 11) is 0. The molecule has 0 bridgehead atoms. The van der Waals surface area contributed by atoms with E-state index in [2.05, 4.69) is 28.7 Å². The van der Waals surface area contributed by atoms with Gasteiger partial charge in [-0.25, -0.2) is 4.98 Å². The van der Waals surface area contributed by atoms with Gasteiger partial charge in [0, 0.05) is 18.5 Å². The fourth-order valence-corrected chi connectivity index (χ4v) is 2.47. The molecule has 2 heterocycles. The first kappa shape index (κ1) is 11.0. The van der Waals surface area contributed by atoms with E-state index in [1.807, 2.05) is 0 Å². The molecule has 1 aromatic rings. The Morgan fingerprint density at radius 1 is 1.60 bits per heavy atom. The number of imidazole rings is 1. The summed E-state index contributed by atoms with van der Waals surface area (Å²) in [6, 6.07) is 0.478. The zero-order valence-electron chi connectivity index (χ0n) is 9.33. The van der Waals surface area contributed by atoms with E-state index < -0.39 is 0 Å². The summed E-state index contributed by atoms with van der Waals surface area (Å²) in [5.74, 6) is 1.54. The quantitative estimate of drug-likeness (QED) is 0.842. The molecule has 1 aliphatic heterocycles. The Balaban J connectivity index is 2.28. The molecule has 4 heteroatoms. The summed E-state index contributed by atoms with van der Waals surface area (Å²) >= 11 is 6.20. The molecule has 3 nitrogen and oxygen atoms in total. The smallest absolute Gasteiger partial charge is 0.129 e. The number of piperidine rings is 1. The Hall–Kier alpha value is -0.540. The number of halogens is 1. The molecule has 1 unspecified atom stereocenters. The van der Waals surface area contributed by atoms with Gasteiger partial charge in [-0.15, -0.1) is 0 Å². The number of rotatable bonds is 2. The largest absolute Gasteiger partial charge is 0.315 e. The fraction of sp³-hybridized carbons (Fsp3) is 0.727. The highest BCUT2D eigenvalue weighted by molar-refractivity contribution is 6.29. The lowest BCUT2D eigenvalue weighted by Crippen LogP contribution is -2.32. The summed E-state index contributed by atoms with van der Waals surface area (Å²) in [4.78, 5) is 4.39. The first-order valence-electron chi connectivity index (χ1n) is 5.63. The Labute approximate surface area is 95.8 Å². The van der Waals surface area contributed by atoms with Crippen molar-refractivity contribution in [2.45, 2.75) is 38.6 Å². The van der Waals surface area contributed by atoms with Crippen LogP contribution >= 0.6 is 11.6 Å². The van der Waals surface area contributed by atoms with Gasteiger partial charge in [0.25, 0.3) is 0 Å². The number of nitrogens with one attached hydrogen (secondary N) is 1. The summed E-state index contributed by atoms with van der Waals surface area (Å²) in [5.41, 5.74) is 0. The molecule has 0 aromatic carbocycles. The van der Waals surface area contributed by atoms with E-state index in [9.17, 15) is 0 Å². The molecule has 1 atom stereocenters. The Kier molecular flexibility index (Phi) is 3.32. The fourth-order valence-electron chi connectivity index (χ4n) is 2.20. The van der Waals surface area contributed by atoms with Crippen LogP contribution in [0.2, 0.25) is 5.15 Å². The van der Waals surface area contributed by atoms with E-state index in [1.54, 1.807) is 6.20 Å². The predicted molar refractivity (Wildman–Crippen MR) is 62.5 cm³/mol. The van der Waals surface area contributed by atoms with Gasteiger partial charge in [0.2, 0.25) is 0 Å². The molecule has 0 saturated carbocycles. The van der Waals surface area contributed by atoms with Crippen molar-refractivity contribution in [3.05, 3.63) is 17.2 Å². The molecule has 0 aliphatic carbocycles. The minimum absolute atomic E-state index is 0.430. The molecule has 0 spiro atoms. The topological polar surface area (TPSA) is 29.9 Å². The zero-order chi connectivity index (χ0) is 10.8. The van der Waals surface area contributed by atoms with Crippen molar-refractivity contribution in [2.24, 2.45) is 0 Å². The first-order valence-corrected chi connectivity index (χ1v) is 6.01. The Bertz CT molecular complexity index is 327. The van der Waals surface area contributed by atoms with Crippen LogP contribution in [0.3, 0.4) is 0 Å². The van der Waals surface area contributed by atoms with Gasteiger partial charge in [-0.2, -0.15) is 0 Å². The molecule has 2 rings (SSSR count). The summed E-state index contributed by atoms with van der Waals surface area (Å²) in [5, 5.41) is 4.18. The lowest BCUT2D eigenvalue weighted by atomic mass is 10.1. The summed E-state index contributed by atoms with van der Waals surface area (Å²) in [6.45, 7) is 6.45. The SMILES string of the molecule is CC(C)c1ncc(Cl)n1C1CCCNC1. The molecular weight excluding hydrogens is 210 g/mol. The summed E-state index contributed by atoms with van der Waals surface area (Å²) in [6.07, 6.45) is 4.19. The van der Waals surface area contributed by atoms with Crippen molar-refractivity contribution in [3.8, 4) is 0 Å². The van der Waals surface area contributed by atoms with E-state index in [4.69, 9.17) is 11.6 Å².